The average molecular weight is 507 g/mol. The minimum atomic E-state index is -4.56. The third kappa shape index (κ3) is 5.79. The summed E-state index contributed by atoms with van der Waals surface area (Å²) in [5.41, 5.74) is 0.0688. The molecule has 0 atom stereocenters. The largest absolute Gasteiger partial charge is 0.466 e. The van der Waals surface area contributed by atoms with Crippen LogP contribution in [0.1, 0.15) is 48.9 Å². The number of aromatic nitrogens is 3. The number of ether oxygens (including phenoxy) is 1. The van der Waals surface area contributed by atoms with Gasteiger partial charge in [-0.2, -0.15) is 13.2 Å². The number of nitrogens with one attached hydrogen (secondary N) is 1. The van der Waals surface area contributed by atoms with E-state index in [2.05, 4.69) is 20.3 Å². The first-order valence-electron chi connectivity index (χ1n) is 11.2. The van der Waals surface area contributed by atoms with E-state index < -0.39 is 17.5 Å². The van der Waals surface area contributed by atoms with E-state index in [4.69, 9.17) is 4.74 Å². The maximum atomic E-state index is 13.0. The van der Waals surface area contributed by atoms with E-state index >= 15 is 0 Å². The molecule has 1 aromatic carbocycles. The molecule has 1 aliphatic carbocycles. The number of alkyl halides is 3. The van der Waals surface area contributed by atoms with E-state index in [9.17, 15) is 23.1 Å². The molecule has 0 spiro atoms. The fraction of sp³-hybridized carbons (Fsp3) is 0.417. The number of carbonyl (C=O) groups is 1. The lowest BCUT2D eigenvalue weighted by atomic mass is 9.79. The third-order valence-electron chi connectivity index (χ3n) is 5.90. The number of anilines is 2. The van der Waals surface area contributed by atoms with Gasteiger partial charge in [0.1, 0.15) is 16.3 Å². The number of hydrogen-bond acceptors (Lipinski definition) is 8. The van der Waals surface area contributed by atoms with E-state index in [0.717, 1.165) is 28.3 Å². The molecule has 7 nitrogen and oxygen atoms in total. The highest BCUT2D eigenvalue weighted by molar-refractivity contribution is 7.15. The fourth-order valence-corrected chi connectivity index (χ4v) is 5.18. The first-order chi connectivity index (χ1) is 16.6. The van der Waals surface area contributed by atoms with Gasteiger partial charge in [0.2, 0.25) is 5.95 Å². The Morgan fingerprint density at radius 3 is 2.69 bits per heavy atom. The van der Waals surface area contributed by atoms with Crippen LogP contribution in [0.5, 0.6) is 0 Å². The molecular formula is C24H25F3N4O3S. The molecule has 0 radical (unpaired) electrons. The molecule has 2 aromatic heterocycles. The fourth-order valence-electron chi connectivity index (χ4n) is 4.13. The van der Waals surface area contributed by atoms with Gasteiger partial charge in [-0.25, -0.2) is 15.0 Å². The molecule has 1 saturated carbocycles. The van der Waals surface area contributed by atoms with Crippen LogP contribution in [0.15, 0.2) is 36.7 Å². The lowest BCUT2D eigenvalue weighted by Gasteiger charge is -2.33. The van der Waals surface area contributed by atoms with Crippen LogP contribution in [0.4, 0.5) is 24.8 Å². The predicted octanol–water partition coefficient (Wildman–Crippen LogP) is 5.61. The number of aryl methyl sites for hydroxylation is 1. The molecule has 1 aliphatic rings. The Labute approximate surface area is 204 Å². The number of thiazole rings is 1. The minimum Gasteiger partial charge on any atom is -0.466 e. The van der Waals surface area contributed by atoms with Crippen LogP contribution in [0.3, 0.4) is 0 Å². The summed E-state index contributed by atoms with van der Waals surface area (Å²) in [4.78, 5) is 24.7. The first kappa shape index (κ1) is 25.1. The summed E-state index contributed by atoms with van der Waals surface area (Å²) in [6, 6.07) is 6.29. The molecule has 35 heavy (non-hydrogen) atoms. The van der Waals surface area contributed by atoms with Crippen LogP contribution in [0.25, 0.3) is 10.4 Å². The highest BCUT2D eigenvalue weighted by Gasteiger charge is 2.40. The summed E-state index contributed by atoms with van der Waals surface area (Å²) >= 11 is 1.36. The van der Waals surface area contributed by atoms with E-state index in [1.165, 1.54) is 11.3 Å². The van der Waals surface area contributed by atoms with Gasteiger partial charge in [0.15, 0.2) is 0 Å². The summed E-state index contributed by atoms with van der Waals surface area (Å²) in [5.74, 6) is -0.592. The monoisotopic (exact) mass is 506 g/mol. The van der Waals surface area contributed by atoms with Crippen LogP contribution < -0.4 is 5.32 Å². The van der Waals surface area contributed by atoms with Crippen molar-refractivity contribution in [2.75, 3.05) is 11.9 Å². The van der Waals surface area contributed by atoms with Crippen LogP contribution in [-0.2, 0) is 21.3 Å². The molecule has 0 unspecified atom stereocenters. The Morgan fingerprint density at radius 2 is 2.00 bits per heavy atom. The second-order valence-corrected chi connectivity index (χ2v) is 9.59. The summed E-state index contributed by atoms with van der Waals surface area (Å²) in [7, 11) is 0. The van der Waals surface area contributed by atoms with Gasteiger partial charge in [-0.05, 0) is 68.9 Å². The number of esters is 1. The molecular weight excluding hydrogens is 481 g/mol. The van der Waals surface area contributed by atoms with Gasteiger partial charge in [-0.15, -0.1) is 11.3 Å². The molecule has 0 saturated heterocycles. The Balaban J connectivity index is 1.51. The van der Waals surface area contributed by atoms with Gasteiger partial charge in [-0.1, -0.05) is 6.07 Å². The second-order valence-electron chi connectivity index (χ2n) is 8.56. The summed E-state index contributed by atoms with van der Waals surface area (Å²) in [5, 5.41) is 14.6. The Bertz CT molecular complexity index is 1210. The summed E-state index contributed by atoms with van der Waals surface area (Å²) < 4.78 is 44.0. The lowest BCUT2D eigenvalue weighted by molar-refractivity contribution is -0.151. The number of aliphatic hydroxyl groups is 1. The van der Waals surface area contributed by atoms with Crippen molar-refractivity contribution < 1.29 is 27.8 Å². The van der Waals surface area contributed by atoms with Crippen LogP contribution in [0, 0.1) is 12.8 Å². The van der Waals surface area contributed by atoms with Gasteiger partial charge in [0, 0.05) is 18.1 Å². The molecule has 2 heterocycles. The minimum absolute atomic E-state index is 0.158. The number of hydrogen-bond donors (Lipinski definition) is 2. The zero-order valence-corrected chi connectivity index (χ0v) is 20.0. The van der Waals surface area contributed by atoms with Gasteiger partial charge >= 0.3 is 12.1 Å². The highest BCUT2D eigenvalue weighted by atomic mass is 32.1. The SMILES string of the molecule is CCOC(=O)C1CCC(O)(c2ncc(-c3cc(C)cc(Nc4nccc(C(F)(F)F)n4)c3)s2)CC1. The topological polar surface area (TPSA) is 97.2 Å². The Kier molecular flexibility index (Phi) is 7.09. The normalized spacial score (nSPS) is 20.5. The maximum absolute atomic E-state index is 13.0. The Hall–Kier alpha value is -3.05. The molecule has 0 bridgehead atoms. The van der Waals surface area contributed by atoms with Gasteiger partial charge in [0.25, 0.3) is 0 Å². The van der Waals surface area contributed by atoms with Crippen molar-refractivity contribution in [1.29, 1.82) is 0 Å². The summed E-state index contributed by atoms with van der Waals surface area (Å²) in [6.07, 6.45) is 0.0513. The molecule has 2 N–H and O–H groups in total. The molecule has 0 aliphatic heterocycles. The lowest BCUT2D eigenvalue weighted by Crippen LogP contribution is -2.34. The van der Waals surface area contributed by atoms with Crippen LogP contribution in [-0.4, -0.2) is 32.6 Å². The van der Waals surface area contributed by atoms with E-state index in [1.807, 2.05) is 13.0 Å². The van der Waals surface area contributed by atoms with E-state index in [0.29, 0.717) is 43.0 Å². The van der Waals surface area contributed by atoms with E-state index in [1.54, 1.807) is 25.3 Å². The van der Waals surface area contributed by atoms with Gasteiger partial charge in [-0.3, -0.25) is 4.79 Å². The molecule has 186 valence electrons. The van der Waals surface area contributed by atoms with Crippen molar-refractivity contribution >= 4 is 28.9 Å². The van der Waals surface area contributed by atoms with Gasteiger partial charge in [0.05, 0.1) is 17.4 Å². The summed E-state index contributed by atoms with van der Waals surface area (Å²) in [6.45, 7) is 3.98. The van der Waals surface area contributed by atoms with Crippen molar-refractivity contribution in [2.45, 2.75) is 51.3 Å². The van der Waals surface area contributed by atoms with Crippen molar-refractivity contribution in [3.8, 4) is 10.4 Å². The number of halogens is 3. The van der Waals surface area contributed by atoms with Crippen LogP contribution >= 0.6 is 11.3 Å². The molecule has 11 heteroatoms. The molecule has 4 rings (SSSR count). The number of benzene rings is 1. The standard InChI is InChI=1S/C24H25F3N4O3S/c1-3-34-20(32)15-4-7-23(33,8-5-15)21-29-13-18(35-21)16-10-14(2)11-17(12-16)30-22-28-9-6-19(31-22)24(25,26)27/h6,9-13,15,33H,3-5,7-8H2,1-2H3,(H,28,30,31). The van der Waals surface area contributed by atoms with Crippen molar-refractivity contribution in [1.82, 2.24) is 15.0 Å². The number of nitrogens with zero attached hydrogens (tertiary/aromatic N) is 3. The van der Waals surface area contributed by atoms with Crippen molar-refractivity contribution in [3.05, 3.63) is 52.9 Å². The average Bonchev–Trinajstić information content (AvgIpc) is 3.30. The van der Waals surface area contributed by atoms with Crippen molar-refractivity contribution in [2.24, 2.45) is 5.92 Å². The number of rotatable bonds is 6. The second kappa shape index (κ2) is 9.90. The molecule has 3 aromatic rings. The molecule has 0 amide bonds. The highest BCUT2D eigenvalue weighted by Crippen LogP contribution is 2.43. The predicted molar refractivity (Wildman–Crippen MR) is 125 cm³/mol. The van der Waals surface area contributed by atoms with Crippen molar-refractivity contribution in [3.63, 3.8) is 0 Å². The maximum Gasteiger partial charge on any atom is 0.433 e. The zero-order chi connectivity index (χ0) is 25.2. The quantitative estimate of drug-likeness (QED) is 0.419. The van der Waals surface area contributed by atoms with Crippen LogP contribution in [0.2, 0.25) is 0 Å². The third-order valence-corrected chi connectivity index (χ3v) is 7.14. The smallest absolute Gasteiger partial charge is 0.433 e. The first-order valence-corrected chi connectivity index (χ1v) is 12.0. The zero-order valence-electron chi connectivity index (χ0n) is 19.2. The number of carbonyl (C=O) groups excluding carboxylic acids is 1. The van der Waals surface area contributed by atoms with Gasteiger partial charge < -0.3 is 15.2 Å². The molecule has 1 fully saturated rings. The Morgan fingerprint density at radius 1 is 1.26 bits per heavy atom. The van der Waals surface area contributed by atoms with E-state index in [-0.39, 0.29) is 17.8 Å².